The van der Waals surface area contributed by atoms with Gasteiger partial charge in [0.25, 0.3) is 11.8 Å². The number of rotatable bonds is 8. The summed E-state index contributed by atoms with van der Waals surface area (Å²) in [6, 6.07) is 17.8. The zero-order chi connectivity index (χ0) is 24.2. The minimum absolute atomic E-state index is 0.205. The first-order valence-electron chi connectivity index (χ1n) is 11.2. The predicted octanol–water partition coefficient (Wildman–Crippen LogP) is 2.57. The maximum absolute atomic E-state index is 12.6. The SMILES string of the molecule is Cc1ccccc1N(C)Cc1cc(CNC(=O)[C@H](O)[C@@H](O)C(=O)N2Cc3ccccc3C2)cs1. The minimum atomic E-state index is -1.83. The zero-order valence-electron chi connectivity index (χ0n) is 19.3. The van der Waals surface area contributed by atoms with Gasteiger partial charge in [-0.15, -0.1) is 11.3 Å². The molecule has 2 amide bonds. The maximum Gasteiger partial charge on any atom is 0.255 e. The topological polar surface area (TPSA) is 93.1 Å². The molecule has 0 bridgehead atoms. The van der Waals surface area contributed by atoms with Crippen molar-refractivity contribution in [3.63, 3.8) is 0 Å². The molecule has 2 atom stereocenters. The number of aliphatic hydroxyl groups is 2. The van der Waals surface area contributed by atoms with Crippen LogP contribution in [0.1, 0.15) is 27.1 Å². The first-order valence-corrected chi connectivity index (χ1v) is 12.0. The molecule has 34 heavy (non-hydrogen) atoms. The van der Waals surface area contributed by atoms with Gasteiger partial charge in [-0.1, -0.05) is 42.5 Å². The van der Waals surface area contributed by atoms with Crippen LogP contribution in [0, 0.1) is 6.92 Å². The van der Waals surface area contributed by atoms with Gasteiger partial charge in [-0.2, -0.15) is 0 Å². The van der Waals surface area contributed by atoms with Crippen molar-refractivity contribution in [3.8, 4) is 0 Å². The van der Waals surface area contributed by atoms with Crippen molar-refractivity contribution in [3.05, 3.63) is 87.1 Å². The molecule has 3 aromatic rings. The van der Waals surface area contributed by atoms with E-state index in [1.54, 1.807) is 11.3 Å². The van der Waals surface area contributed by atoms with E-state index in [1.807, 2.05) is 54.9 Å². The van der Waals surface area contributed by atoms with Crippen molar-refractivity contribution in [2.75, 3.05) is 11.9 Å². The highest BCUT2D eigenvalue weighted by Gasteiger charge is 2.35. The molecule has 0 fully saturated rings. The van der Waals surface area contributed by atoms with Gasteiger partial charge in [-0.25, -0.2) is 0 Å². The molecule has 2 aromatic carbocycles. The Bertz CT molecular complexity index is 1150. The Hall–Kier alpha value is -3.20. The maximum atomic E-state index is 12.6. The molecule has 0 unspecified atom stereocenters. The Morgan fingerprint density at radius 1 is 1.06 bits per heavy atom. The van der Waals surface area contributed by atoms with Crippen LogP contribution in [-0.4, -0.2) is 46.2 Å². The number of hydrogen-bond donors (Lipinski definition) is 3. The minimum Gasteiger partial charge on any atom is -0.380 e. The lowest BCUT2D eigenvalue weighted by molar-refractivity contribution is -0.153. The monoisotopic (exact) mass is 479 g/mol. The highest BCUT2D eigenvalue weighted by Crippen LogP contribution is 2.24. The summed E-state index contributed by atoms with van der Waals surface area (Å²) in [6.45, 7) is 3.73. The standard InChI is InChI=1S/C26H29N3O4S/c1-17-7-3-6-10-22(17)28(2)15-21-11-18(16-34-21)12-27-25(32)23(30)24(31)26(33)29-13-19-8-4-5-9-20(19)14-29/h3-11,16,23-24,30-31H,12-15H2,1-2H3,(H,27,32)/t23-,24-/m1/s1. The Kier molecular flexibility index (Phi) is 7.31. The molecule has 0 saturated heterocycles. The Labute approximate surface area is 203 Å². The summed E-state index contributed by atoms with van der Waals surface area (Å²) < 4.78 is 0. The summed E-state index contributed by atoms with van der Waals surface area (Å²) in [4.78, 5) is 29.8. The number of amides is 2. The number of aliphatic hydroxyl groups excluding tert-OH is 2. The Morgan fingerprint density at radius 3 is 2.38 bits per heavy atom. The van der Waals surface area contributed by atoms with Crippen molar-refractivity contribution >= 4 is 28.8 Å². The number of anilines is 1. The number of thiophene rings is 1. The average Bonchev–Trinajstić information content (AvgIpc) is 3.48. The fourth-order valence-corrected chi connectivity index (χ4v) is 5.10. The lowest BCUT2D eigenvalue weighted by atomic mass is 10.1. The van der Waals surface area contributed by atoms with E-state index in [0.29, 0.717) is 13.1 Å². The molecular weight excluding hydrogens is 450 g/mol. The molecule has 0 aliphatic carbocycles. The van der Waals surface area contributed by atoms with E-state index in [9.17, 15) is 19.8 Å². The number of aryl methyl sites for hydroxylation is 1. The van der Waals surface area contributed by atoms with Crippen molar-refractivity contribution in [2.45, 2.75) is 45.3 Å². The first-order chi connectivity index (χ1) is 16.3. The van der Waals surface area contributed by atoms with Crippen LogP contribution >= 0.6 is 11.3 Å². The van der Waals surface area contributed by atoms with E-state index in [4.69, 9.17) is 0 Å². The van der Waals surface area contributed by atoms with Gasteiger partial charge in [0.15, 0.2) is 12.2 Å². The molecule has 8 heteroatoms. The zero-order valence-corrected chi connectivity index (χ0v) is 20.1. The molecule has 1 aliphatic heterocycles. The van der Waals surface area contributed by atoms with Crippen LogP contribution < -0.4 is 10.2 Å². The third kappa shape index (κ3) is 5.30. The summed E-state index contributed by atoms with van der Waals surface area (Å²) >= 11 is 1.59. The highest BCUT2D eigenvalue weighted by molar-refractivity contribution is 7.10. The third-order valence-corrected chi connectivity index (χ3v) is 7.04. The highest BCUT2D eigenvalue weighted by atomic mass is 32.1. The van der Waals surface area contributed by atoms with Gasteiger partial charge >= 0.3 is 0 Å². The molecule has 7 nitrogen and oxygen atoms in total. The van der Waals surface area contributed by atoms with E-state index < -0.39 is 24.0 Å². The largest absolute Gasteiger partial charge is 0.380 e. The van der Waals surface area contributed by atoms with Crippen molar-refractivity contribution < 1.29 is 19.8 Å². The van der Waals surface area contributed by atoms with Crippen LogP contribution in [0.15, 0.2) is 60.0 Å². The van der Waals surface area contributed by atoms with Gasteiger partial charge in [0.05, 0.1) is 6.54 Å². The second kappa shape index (κ2) is 10.4. The van der Waals surface area contributed by atoms with Crippen LogP contribution in [0.5, 0.6) is 0 Å². The summed E-state index contributed by atoms with van der Waals surface area (Å²) in [5.74, 6) is -1.43. The number of carbonyl (C=O) groups is 2. The van der Waals surface area contributed by atoms with Crippen LogP contribution in [0.2, 0.25) is 0 Å². The van der Waals surface area contributed by atoms with E-state index in [0.717, 1.165) is 33.8 Å². The molecule has 4 rings (SSSR count). The summed E-state index contributed by atoms with van der Waals surface area (Å²) in [5, 5.41) is 25.2. The lowest BCUT2D eigenvalue weighted by Crippen LogP contribution is -2.49. The van der Waals surface area contributed by atoms with Gasteiger partial charge < -0.3 is 25.3 Å². The van der Waals surface area contributed by atoms with E-state index in [1.165, 1.54) is 10.5 Å². The first kappa shape index (κ1) is 23.9. The van der Waals surface area contributed by atoms with Gasteiger partial charge in [-0.05, 0) is 46.7 Å². The number of hydrogen-bond acceptors (Lipinski definition) is 6. The normalized spacial score (nSPS) is 14.4. The van der Waals surface area contributed by atoms with Crippen molar-refractivity contribution in [1.29, 1.82) is 0 Å². The summed E-state index contributed by atoms with van der Waals surface area (Å²) in [6.07, 6.45) is -3.64. The number of nitrogens with one attached hydrogen (secondary N) is 1. The van der Waals surface area contributed by atoms with Crippen LogP contribution in [0.4, 0.5) is 5.69 Å². The number of para-hydroxylation sites is 1. The number of fused-ring (bicyclic) bond motifs is 1. The van der Waals surface area contributed by atoms with Crippen LogP contribution in [0.3, 0.4) is 0 Å². The number of nitrogens with zero attached hydrogens (tertiary/aromatic N) is 2. The smallest absolute Gasteiger partial charge is 0.255 e. The van der Waals surface area contributed by atoms with Gasteiger partial charge in [0.2, 0.25) is 0 Å². The molecule has 178 valence electrons. The number of carbonyl (C=O) groups excluding carboxylic acids is 2. The molecule has 0 radical (unpaired) electrons. The van der Waals surface area contributed by atoms with E-state index in [-0.39, 0.29) is 6.54 Å². The van der Waals surface area contributed by atoms with Gasteiger partial charge in [0.1, 0.15) is 0 Å². The molecule has 2 heterocycles. The fraction of sp³-hybridized carbons (Fsp3) is 0.308. The van der Waals surface area contributed by atoms with Gasteiger partial charge in [-0.3, -0.25) is 9.59 Å². The predicted molar refractivity (Wildman–Crippen MR) is 132 cm³/mol. The Balaban J connectivity index is 1.28. The molecule has 0 spiro atoms. The van der Waals surface area contributed by atoms with E-state index in [2.05, 4.69) is 29.3 Å². The quantitative estimate of drug-likeness (QED) is 0.462. The van der Waals surface area contributed by atoms with Crippen molar-refractivity contribution in [2.24, 2.45) is 0 Å². The second-order valence-electron chi connectivity index (χ2n) is 8.63. The molecule has 0 saturated carbocycles. The summed E-state index contributed by atoms with van der Waals surface area (Å²) in [5.41, 5.74) is 5.27. The number of benzene rings is 2. The third-order valence-electron chi connectivity index (χ3n) is 6.07. The molecule has 1 aromatic heterocycles. The lowest BCUT2D eigenvalue weighted by Gasteiger charge is -2.22. The fourth-order valence-electron chi connectivity index (χ4n) is 4.16. The van der Waals surface area contributed by atoms with Gasteiger partial charge in [0, 0.05) is 37.2 Å². The van der Waals surface area contributed by atoms with Crippen molar-refractivity contribution in [1.82, 2.24) is 10.2 Å². The summed E-state index contributed by atoms with van der Waals surface area (Å²) in [7, 11) is 2.04. The van der Waals surface area contributed by atoms with E-state index >= 15 is 0 Å². The van der Waals surface area contributed by atoms with Crippen LogP contribution in [-0.2, 0) is 35.8 Å². The Morgan fingerprint density at radius 2 is 1.71 bits per heavy atom. The molecule has 3 N–H and O–H groups in total. The molecular formula is C26H29N3O4S. The van der Waals surface area contributed by atoms with Crippen LogP contribution in [0.25, 0.3) is 0 Å². The molecule has 1 aliphatic rings. The second-order valence-corrected chi connectivity index (χ2v) is 9.63. The average molecular weight is 480 g/mol.